The fraction of sp³-hybridized carbons (Fsp3) is 1.00. The van der Waals surface area contributed by atoms with Gasteiger partial charge in [-0.25, -0.2) is 0 Å². The van der Waals surface area contributed by atoms with Crippen LogP contribution in [0.2, 0.25) is 0 Å². The topological polar surface area (TPSA) is 54.4 Å². The molecule has 1 N–H and O–H groups in total. The zero-order chi connectivity index (χ0) is 5.21. The van der Waals surface area contributed by atoms with Gasteiger partial charge in [-0.3, -0.25) is 4.55 Å². The van der Waals surface area contributed by atoms with Gasteiger partial charge < -0.3 is 0 Å². The Morgan fingerprint density at radius 1 is 1.57 bits per heavy atom. The van der Waals surface area contributed by atoms with Crippen LogP contribution < -0.4 is 0 Å². The van der Waals surface area contributed by atoms with E-state index in [1.54, 1.807) is 0 Å². The second-order valence-electron chi connectivity index (χ2n) is 0.871. The number of hydrogen-bond acceptors (Lipinski definition) is 2. The molecule has 7 heavy (non-hydrogen) atoms. The first-order valence-electron chi connectivity index (χ1n) is 1.51. The molecule has 0 heterocycles. The van der Waals surface area contributed by atoms with E-state index in [9.17, 15) is 8.42 Å². The van der Waals surface area contributed by atoms with E-state index < -0.39 is 10.1 Å². The molecule has 0 bridgehead atoms. The van der Waals surface area contributed by atoms with E-state index in [0.717, 1.165) is 0 Å². The molecule has 0 aliphatic rings. The van der Waals surface area contributed by atoms with Crippen LogP contribution in [0.5, 0.6) is 0 Å². The van der Waals surface area contributed by atoms with Gasteiger partial charge in [-0.1, -0.05) is 0 Å². The first-order valence-corrected chi connectivity index (χ1v) is 3.12. The van der Waals surface area contributed by atoms with Crippen LogP contribution in [0.3, 0.4) is 0 Å². The van der Waals surface area contributed by atoms with Gasteiger partial charge in [0, 0.05) is 0 Å². The molecule has 0 rings (SSSR count). The first kappa shape index (κ1) is 11.3. The van der Waals surface area contributed by atoms with Crippen molar-refractivity contribution in [3.63, 3.8) is 0 Å². The summed E-state index contributed by atoms with van der Waals surface area (Å²) in [5.41, 5.74) is 0. The zero-order valence-corrected chi connectivity index (χ0v) is 4.20. The summed E-state index contributed by atoms with van der Waals surface area (Å²) in [6.45, 7) is 1.37. The van der Waals surface area contributed by atoms with Gasteiger partial charge in [-0.2, -0.15) is 8.42 Å². The fourth-order valence-corrected chi connectivity index (χ4v) is 0. The van der Waals surface area contributed by atoms with Crippen LogP contribution in [0.1, 0.15) is 6.92 Å². The molecule has 0 aromatic rings. The van der Waals surface area contributed by atoms with Crippen LogP contribution in [0.15, 0.2) is 0 Å². The molecule has 0 aromatic carbocycles. The Kier molecular flexibility index (Phi) is 7.05. The van der Waals surface area contributed by atoms with Crippen LogP contribution in [0, 0.1) is 0 Å². The Hall–Kier alpha value is 1.48. The molecular weight excluding hydrogens is 241 g/mol. The molecule has 0 aliphatic carbocycles. The Morgan fingerprint density at radius 2 is 1.71 bits per heavy atom. The van der Waals surface area contributed by atoms with E-state index in [4.69, 9.17) is 4.55 Å². The molecule has 0 fully saturated rings. The average molecular weight is 249 g/mol. The molecule has 0 radical (unpaired) electrons. The summed E-state index contributed by atoms with van der Waals surface area (Å²) < 4.78 is 26.9. The minimum atomic E-state index is -3.66. The summed E-state index contributed by atoms with van der Waals surface area (Å²) in [5, 5.41) is 0. The van der Waals surface area contributed by atoms with Gasteiger partial charge in [0.25, 0.3) is 10.1 Å². The molecule has 3 nitrogen and oxygen atoms in total. The summed E-state index contributed by atoms with van der Waals surface area (Å²) in [5.74, 6) is -0.201. The van der Waals surface area contributed by atoms with E-state index in [1.165, 1.54) is 6.92 Å². The predicted octanol–water partition coefficient (Wildman–Crippen LogP) is -1.02. The average Bonchev–Trinajstić information content (AvgIpc) is 1.35. The molecule has 0 aliphatic heterocycles. The Labute approximate surface area is 83.3 Å². The summed E-state index contributed by atoms with van der Waals surface area (Å²) >= 11 is 0. The van der Waals surface area contributed by atoms with Gasteiger partial charge in [0.15, 0.2) is 0 Å². The number of rotatable bonds is 1. The normalized spacial score (nSPS) is 10.0. The SMILES string of the molecule is CCS(=O)(=O)O.[BaH2]. The van der Waals surface area contributed by atoms with Crippen molar-refractivity contribution in [3.05, 3.63) is 0 Å². The van der Waals surface area contributed by atoms with Crippen molar-refractivity contribution in [1.29, 1.82) is 0 Å². The van der Waals surface area contributed by atoms with Crippen LogP contribution in [-0.2, 0) is 10.1 Å². The third-order valence-electron chi connectivity index (χ3n) is 0.365. The van der Waals surface area contributed by atoms with Gasteiger partial charge in [0.1, 0.15) is 0 Å². The van der Waals surface area contributed by atoms with Crippen molar-refractivity contribution in [3.8, 4) is 0 Å². The minimum absolute atomic E-state index is 0. The third-order valence-corrected chi connectivity index (χ3v) is 1.09. The quantitative estimate of drug-likeness (QED) is 0.478. The van der Waals surface area contributed by atoms with Crippen LogP contribution in [0.4, 0.5) is 0 Å². The van der Waals surface area contributed by atoms with E-state index in [1.807, 2.05) is 0 Å². The van der Waals surface area contributed by atoms with Crippen molar-refractivity contribution in [2.75, 3.05) is 5.75 Å². The van der Waals surface area contributed by atoms with E-state index in [2.05, 4.69) is 0 Å². The second-order valence-corrected chi connectivity index (χ2v) is 2.61. The number of hydrogen-bond donors (Lipinski definition) is 1. The van der Waals surface area contributed by atoms with E-state index in [-0.39, 0.29) is 54.6 Å². The summed E-state index contributed by atoms with van der Waals surface area (Å²) in [4.78, 5) is 0. The van der Waals surface area contributed by atoms with Gasteiger partial charge in [-0.15, -0.1) is 0 Å². The van der Waals surface area contributed by atoms with Crippen molar-refractivity contribution in [2.24, 2.45) is 0 Å². The van der Waals surface area contributed by atoms with Gasteiger partial charge >= 0.3 is 48.9 Å². The van der Waals surface area contributed by atoms with Crippen molar-refractivity contribution in [1.82, 2.24) is 0 Å². The predicted molar refractivity (Wildman–Crippen MR) is 30.6 cm³/mol. The third kappa shape index (κ3) is 11.2. The van der Waals surface area contributed by atoms with Gasteiger partial charge in [0.05, 0.1) is 5.75 Å². The molecule has 42 valence electrons. The molecule has 0 atom stereocenters. The molecular formula is C2H8BaO3S. The molecule has 5 heteroatoms. The van der Waals surface area contributed by atoms with Crippen LogP contribution >= 0.6 is 0 Å². The Balaban J connectivity index is 0. The van der Waals surface area contributed by atoms with Crippen molar-refractivity contribution in [2.45, 2.75) is 6.92 Å². The van der Waals surface area contributed by atoms with Crippen molar-refractivity contribution < 1.29 is 13.0 Å². The first-order chi connectivity index (χ1) is 2.56. The van der Waals surface area contributed by atoms with Crippen LogP contribution in [-0.4, -0.2) is 67.6 Å². The van der Waals surface area contributed by atoms with Gasteiger partial charge in [0.2, 0.25) is 0 Å². The maximum absolute atomic E-state index is 9.56. The fourth-order valence-electron chi connectivity index (χ4n) is 0. The molecule has 0 unspecified atom stereocenters. The van der Waals surface area contributed by atoms with Crippen LogP contribution in [0.25, 0.3) is 0 Å². The maximum atomic E-state index is 9.56. The summed E-state index contributed by atoms with van der Waals surface area (Å²) in [6.07, 6.45) is 0. The Bertz CT molecular complexity index is 115. The zero-order valence-electron chi connectivity index (χ0n) is 3.38. The molecule has 0 saturated heterocycles. The monoisotopic (exact) mass is 250 g/mol. The molecule has 0 saturated carbocycles. The van der Waals surface area contributed by atoms with E-state index in [0.29, 0.717) is 0 Å². The van der Waals surface area contributed by atoms with Gasteiger partial charge in [-0.05, 0) is 6.92 Å². The summed E-state index contributed by atoms with van der Waals surface area (Å²) in [7, 11) is -3.66. The van der Waals surface area contributed by atoms with Crippen molar-refractivity contribution >= 4 is 59.0 Å². The standard InChI is InChI=1S/C2H6O3S.Ba.2H/c1-2-6(3,4)5;;;/h2H2,1H3,(H,3,4,5);;;. The molecule has 0 spiro atoms. The van der Waals surface area contributed by atoms with E-state index >= 15 is 0 Å². The second kappa shape index (κ2) is 4.37. The summed E-state index contributed by atoms with van der Waals surface area (Å²) in [6, 6.07) is 0. The Morgan fingerprint density at radius 3 is 1.71 bits per heavy atom. The molecule has 0 aromatic heterocycles. The molecule has 0 amide bonds.